The molecule has 66 valence electrons. The summed E-state index contributed by atoms with van der Waals surface area (Å²) >= 11 is 1.49. The summed E-state index contributed by atoms with van der Waals surface area (Å²) in [5.41, 5.74) is 0. The van der Waals surface area contributed by atoms with Gasteiger partial charge in [0.1, 0.15) is 0 Å². The third-order valence-electron chi connectivity index (χ3n) is 1.47. The lowest BCUT2D eigenvalue weighted by atomic mass is 10.4. The molecule has 0 N–H and O–H groups in total. The van der Waals surface area contributed by atoms with Crippen LogP contribution in [-0.4, -0.2) is 15.9 Å². The molecule has 0 spiro atoms. The van der Waals surface area contributed by atoms with Crippen LogP contribution in [0.3, 0.4) is 0 Å². The Balaban J connectivity index is 2.39. The van der Waals surface area contributed by atoms with E-state index in [4.69, 9.17) is 4.52 Å². The van der Waals surface area contributed by atoms with Crippen LogP contribution >= 0.6 is 11.3 Å². The highest BCUT2D eigenvalue weighted by atomic mass is 32.1. The lowest BCUT2D eigenvalue weighted by Crippen LogP contribution is -1.93. The molecule has 0 aliphatic heterocycles. The first kappa shape index (κ1) is 8.12. The Hall–Kier alpha value is -1.49. The van der Waals surface area contributed by atoms with E-state index in [9.17, 15) is 4.79 Å². The van der Waals surface area contributed by atoms with E-state index in [-0.39, 0.29) is 11.6 Å². The second kappa shape index (κ2) is 3.10. The molecule has 4 nitrogen and oxygen atoms in total. The summed E-state index contributed by atoms with van der Waals surface area (Å²) in [5.74, 6) is 0.343. The van der Waals surface area contributed by atoms with Crippen LogP contribution in [-0.2, 0) is 0 Å². The number of hydrogen-bond acceptors (Lipinski definition) is 5. The Labute approximate surface area is 78.2 Å². The molecule has 2 rings (SSSR count). The third kappa shape index (κ3) is 1.50. The monoisotopic (exact) mass is 194 g/mol. The Morgan fingerprint density at radius 3 is 3.00 bits per heavy atom. The van der Waals surface area contributed by atoms with Crippen LogP contribution in [0, 0.1) is 0 Å². The van der Waals surface area contributed by atoms with E-state index in [2.05, 4.69) is 10.1 Å². The van der Waals surface area contributed by atoms with Crippen molar-refractivity contribution in [2.75, 3.05) is 0 Å². The number of carbonyl (C=O) groups excluding carboxylic acids is 1. The van der Waals surface area contributed by atoms with E-state index in [0.29, 0.717) is 5.89 Å². The smallest absolute Gasteiger partial charge is 0.268 e. The van der Waals surface area contributed by atoms with Crippen molar-refractivity contribution in [3.63, 3.8) is 0 Å². The minimum atomic E-state index is -0.188. The minimum Gasteiger partial charge on any atom is -0.333 e. The van der Waals surface area contributed by atoms with E-state index in [1.807, 2.05) is 17.5 Å². The summed E-state index contributed by atoms with van der Waals surface area (Å²) in [4.78, 5) is 15.7. The molecule has 0 aliphatic carbocycles. The van der Waals surface area contributed by atoms with Gasteiger partial charge in [-0.25, -0.2) is 0 Å². The van der Waals surface area contributed by atoms with Crippen LogP contribution in [0.1, 0.15) is 17.5 Å². The van der Waals surface area contributed by atoms with Crippen molar-refractivity contribution in [2.24, 2.45) is 0 Å². The molecule has 2 aromatic heterocycles. The molecule has 0 bridgehead atoms. The van der Waals surface area contributed by atoms with Crippen molar-refractivity contribution in [3.8, 4) is 10.8 Å². The van der Waals surface area contributed by atoms with Gasteiger partial charge in [-0.3, -0.25) is 4.79 Å². The second-order valence-corrected chi connectivity index (χ2v) is 3.40. The highest BCUT2D eigenvalue weighted by Gasteiger charge is 2.11. The molecule has 0 radical (unpaired) electrons. The highest BCUT2D eigenvalue weighted by Crippen LogP contribution is 2.22. The number of hydrogen-bond donors (Lipinski definition) is 0. The molecule has 0 amide bonds. The van der Waals surface area contributed by atoms with Crippen LogP contribution < -0.4 is 0 Å². The molecule has 2 heterocycles. The lowest BCUT2D eigenvalue weighted by molar-refractivity contribution is 0.100. The summed E-state index contributed by atoms with van der Waals surface area (Å²) in [7, 11) is 0. The number of rotatable bonds is 2. The summed E-state index contributed by atoms with van der Waals surface area (Å²) in [6.45, 7) is 1.41. The maximum Gasteiger partial charge on any atom is 0.268 e. The van der Waals surface area contributed by atoms with E-state index in [1.54, 1.807) is 0 Å². The molecule has 5 heteroatoms. The number of nitrogens with zero attached hydrogens (tertiary/aromatic N) is 2. The summed E-state index contributed by atoms with van der Waals surface area (Å²) in [6.07, 6.45) is 0. The van der Waals surface area contributed by atoms with Crippen LogP contribution in [0.25, 0.3) is 10.8 Å². The van der Waals surface area contributed by atoms with Gasteiger partial charge >= 0.3 is 0 Å². The Bertz CT molecular complexity index is 419. The average molecular weight is 194 g/mol. The van der Waals surface area contributed by atoms with Crippen molar-refractivity contribution in [1.82, 2.24) is 10.1 Å². The zero-order valence-corrected chi connectivity index (χ0v) is 7.67. The van der Waals surface area contributed by atoms with Crippen LogP contribution in [0.4, 0.5) is 0 Å². The van der Waals surface area contributed by atoms with Gasteiger partial charge in [-0.05, 0) is 11.4 Å². The molecule has 2 aromatic rings. The van der Waals surface area contributed by atoms with E-state index in [0.717, 1.165) is 4.88 Å². The highest BCUT2D eigenvalue weighted by molar-refractivity contribution is 7.13. The predicted octanol–water partition coefficient (Wildman–Crippen LogP) is 2.00. The van der Waals surface area contributed by atoms with Gasteiger partial charge < -0.3 is 4.52 Å². The SMILES string of the molecule is CC(=O)c1noc(-c2cccs2)n1. The molecule has 13 heavy (non-hydrogen) atoms. The molecule has 0 atom stereocenters. The number of ketones is 1. The summed E-state index contributed by atoms with van der Waals surface area (Å²) in [5, 5.41) is 5.45. The van der Waals surface area contributed by atoms with Crippen molar-refractivity contribution in [2.45, 2.75) is 6.92 Å². The van der Waals surface area contributed by atoms with Gasteiger partial charge in [-0.15, -0.1) is 11.3 Å². The maximum atomic E-state index is 10.8. The number of thiophene rings is 1. The number of Topliss-reactive ketones (excluding diaryl/α,β-unsaturated/α-hetero) is 1. The topological polar surface area (TPSA) is 56.0 Å². The maximum absolute atomic E-state index is 10.8. The molecule has 0 saturated heterocycles. The standard InChI is InChI=1S/C8H6N2O2S/c1-5(11)7-9-8(12-10-7)6-3-2-4-13-6/h2-4H,1H3. The Morgan fingerprint density at radius 1 is 1.62 bits per heavy atom. The van der Waals surface area contributed by atoms with Crippen LogP contribution in [0.2, 0.25) is 0 Å². The molecular formula is C8H6N2O2S. The van der Waals surface area contributed by atoms with Gasteiger partial charge in [0.05, 0.1) is 4.88 Å². The van der Waals surface area contributed by atoms with E-state index < -0.39 is 0 Å². The summed E-state index contributed by atoms with van der Waals surface area (Å²) < 4.78 is 4.90. The van der Waals surface area contributed by atoms with Crippen LogP contribution in [0.15, 0.2) is 22.0 Å². The zero-order chi connectivity index (χ0) is 9.26. The quantitative estimate of drug-likeness (QED) is 0.686. The normalized spacial score (nSPS) is 10.2. The van der Waals surface area contributed by atoms with Gasteiger partial charge in [-0.2, -0.15) is 4.98 Å². The first-order valence-electron chi connectivity index (χ1n) is 3.66. The van der Waals surface area contributed by atoms with E-state index in [1.165, 1.54) is 18.3 Å². The second-order valence-electron chi connectivity index (χ2n) is 2.46. The van der Waals surface area contributed by atoms with Crippen molar-refractivity contribution in [1.29, 1.82) is 0 Å². The lowest BCUT2D eigenvalue weighted by Gasteiger charge is -1.81. The van der Waals surface area contributed by atoms with Crippen molar-refractivity contribution >= 4 is 17.1 Å². The van der Waals surface area contributed by atoms with Crippen molar-refractivity contribution in [3.05, 3.63) is 23.3 Å². The Morgan fingerprint density at radius 2 is 2.46 bits per heavy atom. The largest absolute Gasteiger partial charge is 0.333 e. The first-order chi connectivity index (χ1) is 6.27. The van der Waals surface area contributed by atoms with Crippen LogP contribution in [0.5, 0.6) is 0 Å². The van der Waals surface area contributed by atoms with Gasteiger partial charge in [0, 0.05) is 6.92 Å². The number of aromatic nitrogens is 2. The molecule has 0 saturated carbocycles. The molecule has 0 aromatic carbocycles. The fourth-order valence-corrected chi connectivity index (χ4v) is 1.51. The molecule has 0 fully saturated rings. The van der Waals surface area contributed by atoms with Gasteiger partial charge in [-0.1, -0.05) is 11.2 Å². The van der Waals surface area contributed by atoms with Gasteiger partial charge in [0.25, 0.3) is 5.89 Å². The first-order valence-corrected chi connectivity index (χ1v) is 4.54. The molecule has 0 aliphatic rings. The Kier molecular flexibility index (Phi) is 1.94. The van der Waals surface area contributed by atoms with Gasteiger partial charge in [0.15, 0.2) is 0 Å². The summed E-state index contributed by atoms with van der Waals surface area (Å²) in [6, 6.07) is 3.75. The minimum absolute atomic E-state index is 0.128. The molecule has 0 unspecified atom stereocenters. The fourth-order valence-electron chi connectivity index (χ4n) is 0.867. The number of carbonyl (C=O) groups is 1. The fraction of sp³-hybridized carbons (Fsp3) is 0.125. The third-order valence-corrected chi connectivity index (χ3v) is 2.33. The predicted molar refractivity (Wildman–Crippen MR) is 47.6 cm³/mol. The average Bonchev–Trinajstić information content (AvgIpc) is 2.75. The van der Waals surface area contributed by atoms with Gasteiger partial charge in [0.2, 0.25) is 11.6 Å². The molecular weight excluding hydrogens is 188 g/mol. The zero-order valence-electron chi connectivity index (χ0n) is 6.85. The van der Waals surface area contributed by atoms with E-state index >= 15 is 0 Å². The van der Waals surface area contributed by atoms with Crippen molar-refractivity contribution < 1.29 is 9.32 Å².